The maximum atomic E-state index is 12.8. The first-order valence-electron chi connectivity index (χ1n) is 8.81. The lowest BCUT2D eigenvalue weighted by Gasteiger charge is -2.23. The first kappa shape index (κ1) is 16.5. The zero-order valence-electron chi connectivity index (χ0n) is 15.0. The molecule has 0 radical (unpaired) electrons. The van der Waals surface area contributed by atoms with Crippen LogP contribution in [0.4, 0.5) is 5.82 Å². The fourth-order valence-corrected chi connectivity index (χ4v) is 3.45. The average Bonchev–Trinajstić information content (AvgIpc) is 2.85. The summed E-state index contributed by atoms with van der Waals surface area (Å²) in [7, 11) is 0. The van der Waals surface area contributed by atoms with Crippen LogP contribution in [0.1, 0.15) is 28.6 Å². The highest BCUT2D eigenvalue weighted by molar-refractivity contribution is 5.92. The van der Waals surface area contributed by atoms with Crippen molar-refractivity contribution in [3.8, 4) is 0 Å². The third kappa shape index (κ3) is 3.00. The molecule has 1 aromatic carbocycles. The van der Waals surface area contributed by atoms with Crippen molar-refractivity contribution in [2.24, 2.45) is 0 Å². The Morgan fingerprint density at radius 3 is 2.73 bits per heavy atom. The summed E-state index contributed by atoms with van der Waals surface area (Å²) in [5, 5.41) is 1.04. The lowest BCUT2D eigenvalue weighted by atomic mass is 10.2. The number of benzene rings is 1. The highest BCUT2D eigenvalue weighted by atomic mass is 16.4. The summed E-state index contributed by atoms with van der Waals surface area (Å²) in [5.41, 5.74) is 1.58. The van der Waals surface area contributed by atoms with Gasteiger partial charge in [0.25, 0.3) is 5.91 Å². The first-order valence-corrected chi connectivity index (χ1v) is 8.81. The molecule has 0 bridgehead atoms. The van der Waals surface area contributed by atoms with E-state index in [-0.39, 0.29) is 5.91 Å². The number of aromatic nitrogens is 3. The minimum absolute atomic E-state index is 0.0857. The van der Waals surface area contributed by atoms with Gasteiger partial charge in [-0.25, -0.2) is 15.0 Å². The number of aryl methyl sites for hydroxylation is 2. The van der Waals surface area contributed by atoms with Crippen LogP contribution < -0.4 is 4.90 Å². The van der Waals surface area contributed by atoms with Gasteiger partial charge < -0.3 is 14.2 Å². The highest BCUT2D eigenvalue weighted by Crippen LogP contribution is 2.24. The van der Waals surface area contributed by atoms with E-state index in [1.807, 2.05) is 29.2 Å². The smallest absolute Gasteiger partial charge is 0.291 e. The van der Waals surface area contributed by atoms with E-state index < -0.39 is 0 Å². The quantitative estimate of drug-likeness (QED) is 0.706. The number of nitrogens with zero attached hydrogens (tertiary/aromatic N) is 5. The van der Waals surface area contributed by atoms with Crippen molar-refractivity contribution in [2.45, 2.75) is 20.3 Å². The van der Waals surface area contributed by atoms with Crippen LogP contribution in [0.15, 0.2) is 35.0 Å². The van der Waals surface area contributed by atoms with Crippen LogP contribution in [0.2, 0.25) is 0 Å². The minimum atomic E-state index is -0.0857. The molecule has 1 fully saturated rings. The van der Waals surface area contributed by atoms with Gasteiger partial charge in [-0.1, -0.05) is 12.1 Å². The average molecular weight is 351 g/mol. The van der Waals surface area contributed by atoms with Gasteiger partial charge in [0.05, 0.1) is 11.2 Å². The molecule has 4 rings (SSSR count). The summed E-state index contributed by atoms with van der Waals surface area (Å²) >= 11 is 0. The van der Waals surface area contributed by atoms with E-state index in [1.54, 1.807) is 20.2 Å². The Labute approximate surface area is 151 Å². The molecule has 3 aromatic rings. The molecule has 1 saturated heterocycles. The van der Waals surface area contributed by atoms with Crippen LogP contribution in [0.5, 0.6) is 0 Å². The molecule has 0 atom stereocenters. The van der Waals surface area contributed by atoms with E-state index >= 15 is 0 Å². The predicted molar refractivity (Wildman–Crippen MR) is 98.2 cm³/mol. The second-order valence-electron chi connectivity index (χ2n) is 6.49. The van der Waals surface area contributed by atoms with Crippen molar-refractivity contribution < 1.29 is 9.21 Å². The number of rotatable bonds is 2. The topological polar surface area (TPSA) is 75.4 Å². The SMILES string of the molecule is Cc1nc(C)c(C(=O)N2CCCN(c3ncnc4ccccc34)CC2)o1. The zero-order valence-corrected chi connectivity index (χ0v) is 15.0. The van der Waals surface area contributed by atoms with Gasteiger partial charge in [-0.05, 0) is 25.5 Å². The molecule has 1 aliphatic rings. The van der Waals surface area contributed by atoms with Crippen molar-refractivity contribution in [1.82, 2.24) is 19.9 Å². The molecule has 0 spiro atoms. The lowest BCUT2D eigenvalue weighted by Crippen LogP contribution is -2.35. The first-order chi connectivity index (χ1) is 12.6. The van der Waals surface area contributed by atoms with Gasteiger partial charge >= 0.3 is 0 Å². The second-order valence-corrected chi connectivity index (χ2v) is 6.49. The standard InChI is InChI=1S/C19H21N5O2/c1-13-17(26-14(2)22-13)19(25)24-9-5-8-23(10-11-24)18-15-6-3-4-7-16(15)20-12-21-18/h3-4,6-7,12H,5,8-11H2,1-2H3. The number of carbonyl (C=O) groups is 1. The molecule has 26 heavy (non-hydrogen) atoms. The Morgan fingerprint density at radius 2 is 1.92 bits per heavy atom. The fourth-order valence-electron chi connectivity index (χ4n) is 3.45. The van der Waals surface area contributed by atoms with E-state index in [1.165, 1.54) is 0 Å². The predicted octanol–water partition coefficient (Wildman–Crippen LogP) is 2.59. The molecular formula is C19H21N5O2. The number of anilines is 1. The summed E-state index contributed by atoms with van der Waals surface area (Å²) < 4.78 is 5.50. The normalized spacial score (nSPS) is 15.3. The molecule has 7 heteroatoms. The van der Waals surface area contributed by atoms with Gasteiger partial charge in [-0.3, -0.25) is 4.79 Å². The van der Waals surface area contributed by atoms with E-state index in [9.17, 15) is 4.79 Å². The molecule has 0 N–H and O–H groups in total. The molecule has 7 nitrogen and oxygen atoms in total. The summed E-state index contributed by atoms with van der Waals surface area (Å²) in [6, 6.07) is 8.00. The second kappa shape index (κ2) is 6.74. The van der Waals surface area contributed by atoms with E-state index in [2.05, 4.69) is 19.9 Å². The summed E-state index contributed by atoms with van der Waals surface area (Å²) in [5.74, 6) is 1.72. The number of fused-ring (bicyclic) bond motifs is 1. The molecule has 0 saturated carbocycles. The maximum absolute atomic E-state index is 12.8. The molecule has 0 aliphatic carbocycles. The van der Waals surface area contributed by atoms with Crippen molar-refractivity contribution in [3.63, 3.8) is 0 Å². The van der Waals surface area contributed by atoms with Crippen molar-refractivity contribution >= 4 is 22.6 Å². The largest absolute Gasteiger partial charge is 0.436 e. The van der Waals surface area contributed by atoms with Gasteiger partial charge in [-0.15, -0.1) is 0 Å². The number of oxazole rings is 1. The number of para-hydroxylation sites is 1. The molecular weight excluding hydrogens is 330 g/mol. The maximum Gasteiger partial charge on any atom is 0.291 e. The fraction of sp³-hybridized carbons (Fsp3) is 0.368. The summed E-state index contributed by atoms with van der Waals surface area (Å²) in [6.07, 6.45) is 2.47. The number of carbonyl (C=O) groups excluding carboxylic acids is 1. The zero-order chi connectivity index (χ0) is 18.1. The van der Waals surface area contributed by atoms with Gasteiger partial charge in [0, 0.05) is 38.5 Å². The van der Waals surface area contributed by atoms with Crippen LogP contribution >= 0.6 is 0 Å². The molecule has 1 aliphatic heterocycles. The summed E-state index contributed by atoms with van der Waals surface area (Å²) in [6.45, 7) is 6.45. The van der Waals surface area contributed by atoms with E-state index in [0.717, 1.165) is 36.2 Å². The monoisotopic (exact) mass is 351 g/mol. The number of hydrogen-bond donors (Lipinski definition) is 0. The minimum Gasteiger partial charge on any atom is -0.436 e. The Balaban J connectivity index is 1.55. The van der Waals surface area contributed by atoms with E-state index in [0.29, 0.717) is 30.4 Å². The molecule has 134 valence electrons. The third-order valence-corrected chi connectivity index (χ3v) is 4.70. The summed E-state index contributed by atoms with van der Waals surface area (Å²) in [4.78, 5) is 29.9. The van der Waals surface area contributed by atoms with Crippen molar-refractivity contribution in [2.75, 3.05) is 31.1 Å². The van der Waals surface area contributed by atoms with Crippen LogP contribution in [0, 0.1) is 13.8 Å². The van der Waals surface area contributed by atoms with Gasteiger partial charge in [-0.2, -0.15) is 0 Å². The number of hydrogen-bond acceptors (Lipinski definition) is 6. The molecule has 1 amide bonds. The van der Waals surface area contributed by atoms with Gasteiger partial charge in [0.15, 0.2) is 5.89 Å². The van der Waals surface area contributed by atoms with Crippen LogP contribution in [-0.4, -0.2) is 51.9 Å². The Kier molecular flexibility index (Phi) is 4.28. The Hall–Kier alpha value is -2.96. The Bertz CT molecular complexity index is 947. The van der Waals surface area contributed by atoms with Crippen LogP contribution in [0.3, 0.4) is 0 Å². The van der Waals surface area contributed by atoms with E-state index in [4.69, 9.17) is 4.42 Å². The van der Waals surface area contributed by atoms with Crippen molar-refractivity contribution in [3.05, 3.63) is 47.9 Å². The third-order valence-electron chi connectivity index (χ3n) is 4.70. The molecule has 3 heterocycles. The van der Waals surface area contributed by atoms with Gasteiger partial charge in [0.2, 0.25) is 5.76 Å². The lowest BCUT2D eigenvalue weighted by molar-refractivity contribution is 0.0732. The van der Waals surface area contributed by atoms with Crippen LogP contribution in [-0.2, 0) is 0 Å². The molecule has 0 unspecified atom stereocenters. The molecule has 2 aromatic heterocycles. The highest BCUT2D eigenvalue weighted by Gasteiger charge is 2.25. The van der Waals surface area contributed by atoms with Crippen molar-refractivity contribution in [1.29, 1.82) is 0 Å². The van der Waals surface area contributed by atoms with Crippen LogP contribution in [0.25, 0.3) is 10.9 Å². The number of amides is 1. The Morgan fingerprint density at radius 1 is 1.08 bits per heavy atom. The van der Waals surface area contributed by atoms with Gasteiger partial charge in [0.1, 0.15) is 12.1 Å².